The summed E-state index contributed by atoms with van der Waals surface area (Å²) in [5, 5.41) is 2.36. The molecule has 0 spiro atoms. The molecule has 1 aromatic rings. The second kappa shape index (κ2) is 7.77. The zero-order valence-corrected chi connectivity index (χ0v) is 14.0. The highest BCUT2D eigenvalue weighted by molar-refractivity contribution is 5.96. The zero-order chi connectivity index (χ0) is 16.8. The van der Waals surface area contributed by atoms with Gasteiger partial charge in [0.15, 0.2) is 0 Å². The Morgan fingerprint density at radius 1 is 1.08 bits per heavy atom. The van der Waals surface area contributed by atoms with Gasteiger partial charge in [-0.1, -0.05) is 36.8 Å². The van der Waals surface area contributed by atoms with Gasteiger partial charge in [0.1, 0.15) is 0 Å². The van der Waals surface area contributed by atoms with Crippen LogP contribution in [0.15, 0.2) is 30.3 Å². The maximum absolute atomic E-state index is 11.6. The summed E-state index contributed by atoms with van der Waals surface area (Å²) in [5.74, 6) is -0.168. The van der Waals surface area contributed by atoms with E-state index >= 15 is 0 Å². The number of benzene rings is 1. The van der Waals surface area contributed by atoms with Crippen molar-refractivity contribution in [2.24, 2.45) is 0 Å². The molecule has 0 aromatic heterocycles. The molecule has 6 heteroatoms. The predicted octanol–water partition coefficient (Wildman–Crippen LogP) is 1.88. The van der Waals surface area contributed by atoms with Gasteiger partial charge in [-0.15, -0.1) is 0 Å². The van der Waals surface area contributed by atoms with Crippen LogP contribution < -0.4 is 16.2 Å². The number of urea groups is 1. The van der Waals surface area contributed by atoms with E-state index < -0.39 is 0 Å². The van der Waals surface area contributed by atoms with Crippen molar-refractivity contribution in [2.75, 3.05) is 19.6 Å². The fourth-order valence-corrected chi connectivity index (χ4v) is 3.10. The number of carbonyl (C=O) groups is 2. The van der Waals surface area contributed by atoms with Gasteiger partial charge in [-0.25, -0.2) is 10.2 Å². The van der Waals surface area contributed by atoms with Crippen molar-refractivity contribution < 1.29 is 9.59 Å². The minimum absolute atomic E-state index is 0.125. The topological polar surface area (TPSA) is 73.5 Å². The minimum atomic E-state index is -0.246. The molecule has 0 atom stereocenters. The van der Waals surface area contributed by atoms with Gasteiger partial charge in [-0.05, 0) is 31.2 Å². The molecule has 24 heavy (non-hydrogen) atoms. The minimum Gasteiger partial charge on any atom is -0.324 e. The molecule has 130 valence electrons. The number of carbonyl (C=O) groups excluding carboxylic acids is 2. The lowest BCUT2D eigenvalue weighted by Gasteiger charge is -2.26. The Hall–Kier alpha value is -1.92. The third-order valence-electron chi connectivity index (χ3n) is 4.78. The number of nitrogens with one attached hydrogen (secondary N) is 3. The molecule has 3 rings (SSSR count). The van der Waals surface area contributed by atoms with Crippen LogP contribution in [-0.2, 0) is 10.3 Å². The van der Waals surface area contributed by atoms with Crippen molar-refractivity contribution in [3.8, 4) is 0 Å². The van der Waals surface area contributed by atoms with Crippen LogP contribution in [0.4, 0.5) is 4.79 Å². The van der Waals surface area contributed by atoms with Gasteiger partial charge in [0.2, 0.25) is 5.91 Å². The number of imide groups is 1. The summed E-state index contributed by atoms with van der Waals surface area (Å²) in [7, 11) is 0. The van der Waals surface area contributed by atoms with Crippen LogP contribution in [0.25, 0.3) is 0 Å². The maximum atomic E-state index is 11.6. The van der Waals surface area contributed by atoms with Gasteiger partial charge in [-0.3, -0.25) is 15.5 Å². The van der Waals surface area contributed by atoms with Gasteiger partial charge < -0.3 is 4.90 Å². The van der Waals surface area contributed by atoms with Crippen molar-refractivity contribution in [3.05, 3.63) is 35.9 Å². The number of hydrogen-bond acceptors (Lipinski definition) is 4. The van der Waals surface area contributed by atoms with Crippen LogP contribution in [0.1, 0.15) is 44.1 Å². The smallest absolute Gasteiger partial charge is 0.324 e. The first-order valence-corrected chi connectivity index (χ1v) is 8.84. The summed E-state index contributed by atoms with van der Waals surface area (Å²) in [4.78, 5) is 24.4. The van der Waals surface area contributed by atoms with Crippen molar-refractivity contribution >= 4 is 11.9 Å². The van der Waals surface area contributed by atoms with E-state index in [9.17, 15) is 9.59 Å². The van der Waals surface area contributed by atoms with Gasteiger partial charge in [-0.2, -0.15) is 0 Å². The van der Waals surface area contributed by atoms with Gasteiger partial charge in [0, 0.05) is 26.1 Å². The molecule has 1 aliphatic carbocycles. The Kier molecular flexibility index (Phi) is 5.48. The van der Waals surface area contributed by atoms with E-state index in [4.69, 9.17) is 0 Å². The molecule has 1 aliphatic heterocycles. The highest BCUT2D eigenvalue weighted by Gasteiger charge is 2.43. The number of hydrogen-bond donors (Lipinski definition) is 3. The highest BCUT2D eigenvalue weighted by atomic mass is 16.2. The lowest BCUT2D eigenvalue weighted by Crippen LogP contribution is -2.49. The fraction of sp³-hybridized carbons (Fsp3) is 0.556. The molecule has 3 amide bonds. The molecule has 1 saturated carbocycles. The van der Waals surface area contributed by atoms with E-state index in [0.717, 1.165) is 32.4 Å². The summed E-state index contributed by atoms with van der Waals surface area (Å²) in [6.45, 7) is 2.18. The SMILES string of the molecule is O=C1CCN(CCCCCNNC2(c3ccccc3)CC2)C(=O)N1. The molecule has 0 unspecified atom stereocenters. The first kappa shape index (κ1) is 16.9. The maximum Gasteiger partial charge on any atom is 0.324 e. The van der Waals surface area contributed by atoms with Gasteiger partial charge >= 0.3 is 6.03 Å². The third-order valence-corrected chi connectivity index (χ3v) is 4.78. The molecule has 0 radical (unpaired) electrons. The van der Waals surface area contributed by atoms with Crippen molar-refractivity contribution in [2.45, 2.75) is 44.1 Å². The Bertz CT molecular complexity index is 572. The first-order valence-electron chi connectivity index (χ1n) is 8.84. The van der Waals surface area contributed by atoms with E-state index in [-0.39, 0.29) is 17.5 Å². The van der Waals surface area contributed by atoms with Crippen LogP contribution >= 0.6 is 0 Å². The Balaban J connectivity index is 1.26. The quantitative estimate of drug-likeness (QED) is 0.477. The van der Waals surface area contributed by atoms with Crippen LogP contribution in [0.2, 0.25) is 0 Å². The summed E-state index contributed by atoms with van der Waals surface area (Å²) in [6.07, 6.45) is 5.85. The van der Waals surface area contributed by atoms with Crippen molar-refractivity contribution in [3.63, 3.8) is 0 Å². The number of amides is 3. The standard InChI is InChI=1S/C18H26N4O2/c23-16-9-14-22(17(24)20-16)13-6-2-5-12-19-21-18(10-11-18)15-7-3-1-4-8-15/h1,3-4,7-8,19,21H,2,5-6,9-14H2,(H,20,23,24). The number of hydrazine groups is 1. The lowest BCUT2D eigenvalue weighted by molar-refractivity contribution is -0.121. The average molecular weight is 330 g/mol. The van der Waals surface area contributed by atoms with Crippen LogP contribution in [0.3, 0.4) is 0 Å². The molecular formula is C18H26N4O2. The summed E-state index contributed by atoms with van der Waals surface area (Å²) < 4.78 is 0. The number of nitrogens with zero attached hydrogens (tertiary/aromatic N) is 1. The molecule has 2 aliphatic rings. The van der Waals surface area contributed by atoms with E-state index in [0.29, 0.717) is 13.0 Å². The Morgan fingerprint density at radius 2 is 1.88 bits per heavy atom. The summed E-state index contributed by atoms with van der Waals surface area (Å²) in [6, 6.07) is 10.3. The third kappa shape index (κ3) is 4.33. The summed E-state index contributed by atoms with van der Waals surface area (Å²) in [5.41, 5.74) is 8.30. The molecular weight excluding hydrogens is 304 g/mol. The number of rotatable bonds is 9. The lowest BCUT2D eigenvalue weighted by atomic mass is 10.1. The largest absolute Gasteiger partial charge is 0.324 e. The molecule has 2 fully saturated rings. The zero-order valence-electron chi connectivity index (χ0n) is 14.0. The fourth-order valence-electron chi connectivity index (χ4n) is 3.10. The first-order chi connectivity index (χ1) is 11.7. The Labute approximate surface area is 143 Å². The van der Waals surface area contributed by atoms with Gasteiger partial charge in [0.25, 0.3) is 0 Å². The summed E-state index contributed by atoms with van der Waals surface area (Å²) >= 11 is 0. The second-order valence-corrected chi connectivity index (χ2v) is 6.65. The normalized spacial score (nSPS) is 19.2. The molecule has 3 N–H and O–H groups in total. The highest BCUT2D eigenvalue weighted by Crippen LogP contribution is 2.44. The van der Waals surface area contributed by atoms with E-state index in [1.165, 1.54) is 18.4 Å². The number of unbranched alkanes of at least 4 members (excludes halogenated alkanes) is 2. The van der Waals surface area contributed by atoms with Crippen LogP contribution in [0.5, 0.6) is 0 Å². The molecule has 0 bridgehead atoms. The van der Waals surface area contributed by atoms with E-state index in [1.54, 1.807) is 4.90 Å². The van der Waals surface area contributed by atoms with E-state index in [2.05, 4.69) is 40.4 Å². The average Bonchev–Trinajstić information content (AvgIpc) is 3.38. The van der Waals surface area contributed by atoms with Crippen LogP contribution in [-0.4, -0.2) is 36.5 Å². The molecule has 1 saturated heterocycles. The second-order valence-electron chi connectivity index (χ2n) is 6.65. The predicted molar refractivity (Wildman–Crippen MR) is 92.1 cm³/mol. The molecule has 6 nitrogen and oxygen atoms in total. The Morgan fingerprint density at radius 3 is 2.58 bits per heavy atom. The van der Waals surface area contributed by atoms with Gasteiger partial charge in [0.05, 0.1) is 5.54 Å². The monoisotopic (exact) mass is 330 g/mol. The van der Waals surface area contributed by atoms with E-state index in [1.807, 2.05) is 6.07 Å². The molecule has 1 aromatic carbocycles. The van der Waals surface area contributed by atoms with Crippen molar-refractivity contribution in [1.82, 2.24) is 21.1 Å². The molecule has 1 heterocycles. The van der Waals surface area contributed by atoms with Crippen molar-refractivity contribution in [1.29, 1.82) is 0 Å². The van der Waals surface area contributed by atoms with Crippen LogP contribution in [0, 0.1) is 0 Å².